The van der Waals surface area contributed by atoms with E-state index < -0.39 is 5.41 Å². The lowest BCUT2D eigenvalue weighted by atomic mass is 9.70. The maximum Gasteiger partial charge on any atom is 0.0725 e. The number of rotatable bonds is 5. The summed E-state index contributed by atoms with van der Waals surface area (Å²) in [5, 5.41) is 7.79. The van der Waals surface area contributed by atoms with E-state index in [0.717, 1.165) is 17.1 Å². The zero-order valence-electron chi connectivity index (χ0n) is 34.0. The third-order valence-electron chi connectivity index (χ3n) is 13.7. The maximum absolute atomic E-state index is 2.55. The van der Waals surface area contributed by atoms with Crippen molar-refractivity contribution in [2.45, 2.75) is 5.41 Å². The predicted molar refractivity (Wildman–Crippen MR) is 261 cm³/mol. The summed E-state index contributed by atoms with van der Waals surface area (Å²) in [4.78, 5) is 2.45. The summed E-state index contributed by atoms with van der Waals surface area (Å²) in [6, 6.07) is 87.8. The molecule has 1 atom stereocenters. The topological polar surface area (TPSA) is 3.24 Å². The van der Waals surface area contributed by atoms with E-state index in [-0.39, 0.29) is 0 Å². The summed E-state index contributed by atoms with van der Waals surface area (Å²) in [5.41, 5.74) is 18.2. The molecule has 62 heavy (non-hydrogen) atoms. The van der Waals surface area contributed by atoms with Gasteiger partial charge in [0.05, 0.1) is 11.1 Å². The lowest BCUT2D eigenvalue weighted by molar-refractivity contribution is 0.795. The minimum Gasteiger partial charge on any atom is -0.310 e. The van der Waals surface area contributed by atoms with Crippen LogP contribution in [0, 0.1) is 0 Å². The Morgan fingerprint density at radius 3 is 1.31 bits per heavy atom. The molecule has 0 N–H and O–H groups in total. The Balaban J connectivity index is 1.07. The molecule has 288 valence electrons. The van der Waals surface area contributed by atoms with Crippen LogP contribution < -0.4 is 4.90 Å². The van der Waals surface area contributed by atoms with Crippen LogP contribution in [0.1, 0.15) is 22.3 Å². The molecule has 1 spiro atoms. The van der Waals surface area contributed by atoms with Gasteiger partial charge in [0.15, 0.2) is 0 Å². The van der Waals surface area contributed by atoms with Crippen LogP contribution in [0.15, 0.2) is 237 Å². The Morgan fingerprint density at radius 2 is 0.677 bits per heavy atom. The molecule has 2 aliphatic rings. The van der Waals surface area contributed by atoms with Gasteiger partial charge in [0.25, 0.3) is 0 Å². The van der Waals surface area contributed by atoms with Crippen molar-refractivity contribution in [2.24, 2.45) is 0 Å². The van der Waals surface area contributed by atoms with E-state index in [1.165, 1.54) is 99.1 Å². The fourth-order valence-corrected chi connectivity index (χ4v) is 11.1. The van der Waals surface area contributed by atoms with Crippen molar-refractivity contribution in [1.82, 2.24) is 0 Å². The van der Waals surface area contributed by atoms with E-state index in [4.69, 9.17) is 0 Å². The number of hydrogen-bond acceptors (Lipinski definition) is 1. The molecule has 1 unspecified atom stereocenters. The molecule has 0 aliphatic heterocycles. The molecule has 1 nitrogen and oxygen atoms in total. The van der Waals surface area contributed by atoms with Crippen molar-refractivity contribution in [2.75, 3.05) is 4.90 Å². The minimum absolute atomic E-state index is 0.485. The molecular formula is C61H39N. The largest absolute Gasteiger partial charge is 0.310 e. The van der Waals surface area contributed by atoms with Gasteiger partial charge in [0.1, 0.15) is 0 Å². The van der Waals surface area contributed by atoms with Crippen molar-refractivity contribution in [3.8, 4) is 44.5 Å². The van der Waals surface area contributed by atoms with E-state index in [1.54, 1.807) is 0 Å². The highest BCUT2D eigenvalue weighted by atomic mass is 15.1. The average molecular weight is 786 g/mol. The Bertz CT molecular complexity index is 3570. The number of para-hydroxylation sites is 1. The SMILES string of the molecule is c1ccc(-c2ccc(N(c3ccc4c(c3)-c3ccccc3C43c4ccccc4-c4cc5c6ccccc6c6ccccc6c5cc43)c3ccccc3-c3ccccc3)cc2)cc1. The van der Waals surface area contributed by atoms with Crippen molar-refractivity contribution in [3.05, 3.63) is 259 Å². The van der Waals surface area contributed by atoms with Crippen LogP contribution >= 0.6 is 0 Å². The van der Waals surface area contributed by atoms with Crippen LogP contribution in [0.3, 0.4) is 0 Å². The third kappa shape index (κ3) is 4.91. The first-order chi connectivity index (χ1) is 30.8. The summed E-state index contributed by atoms with van der Waals surface area (Å²) in [5.74, 6) is 0. The van der Waals surface area contributed by atoms with Gasteiger partial charge in [0, 0.05) is 16.9 Å². The highest BCUT2D eigenvalue weighted by Gasteiger charge is 2.52. The zero-order valence-corrected chi connectivity index (χ0v) is 34.0. The quantitative estimate of drug-likeness (QED) is 0.157. The Morgan fingerprint density at radius 1 is 0.242 bits per heavy atom. The van der Waals surface area contributed by atoms with E-state index >= 15 is 0 Å². The summed E-state index contributed by atoms with van der Waals surface area (Å²) in [7, 11) is 0. The average Bonchev–Trinajstić information content (AvgIpc) is 3.81. The molecule has 1 heteroatoms. The molecule has 0 saturated heterocycles. The van der Waals surface area contributed by atoms with E-state index in [2.05, 4.69) is 241 Å². The number of anilines is 3. The van der Waals surface area contributed by atoms with Gasteiger partial charge in [-0.15, -0.1) is 0 Å². The first kappa shape index (κ1) is 34.8. The van der Waals surface area contributed by atoms with E-state index in [0.29, 0.717) is 0 Å². The number of benzene rings is 11. The molecular weight excluding hydrogens is 747 g/mol. The zero-order chi connectivity index (χ0) is 40.8. The maximum atomic E-state index is 2.55. The lowest BCUT2D eigenvalue weighted by Crippen LogP contribution is -2.26. The van der Waals surface area contributed by atoms with Gasteiger partial charge in [0.2, 0.25) is 0 Å². The van der Waals surface area contributed by atoms with Crippen LogP contribution in [-0.2, 0) is 5.41 Å². The van der Waals surface area contributed by atoms with Crippen LogP contribution in [0.4, 0.5) is 17.1 Å². The van der Waals surface area contributed by atoms with Crippen molar-refractivity contribution < 1.29 is 0 Å². The van der Waals surface area contributed by atoms with Crippen LogP contribution in [0.2, 0.25) is 0 Å². The first-order valence-electron chi connectivity index (χ1n) is 21.6. The monoisotopic (exact) mass is 785 g/mol. The van der Waals surface area contributed by atoms with E-state index in [1.807, 2.05) is 0 Å². The molecule has 0 amide bonds. The second-order valence-corrected chi connectivity index (χ2v) is 16.7. The van der Waals surface area contributed by atoms with Gasteiger partial charge >= 0.3 is 0 Å². The van der Waals surface area contributed by atoms with Crippen LogP contribution in [0.25, 0.3) is 76.8 Å². The molecule has 0 bridgehead atoms. The van der Waals surface area contributed by atoms with E-state index in [9.17, 15) is 0 Å². The van der Waals surface area contributed by atoms with Crippen LogP contribution in [0.5, 0.6) is 0 Å². The smallest absolute Gasteiger partial charge is 0.0725 e. The third-order valence-corrected chi connectivity index (χ3v) is 13.7. The summed E-state index contributed by atoms with van der Waals surface area (Å²) >= 11 is 0. The molecule has 2 aliphatic carbocycles. The van der Waals surface area contributed by atoms with Crippen molar-refractivity contribution >= 4 is 49.4 Å². The molecule has 0 heterocycles. The highest BCUT2D eigenvalue weighted by molar-refractivity contribution is 6.26. The number of nitrogens with zero attached hydrogens (tertiary/aromatic N) is 1. The second kappa shape index (κ2) is 13.5. The second-order valence-electron chi connectivity index (χ2n) is 16.7. The highest BCUT2D eigenvalue weighted by Crippen LogP contribution is 2.64. The standard InChI is InChI=1S/C61H39N/c1-3-17-40(18-4-1)41-31-33-43(34-32-41)62(60-30-16-13-21-45(60)42-19-5-2-6-20-42)44-35-36-58-54(37-44)50-26-11-14-28-56(50)61(58)57-29-15-12-27-51(57)55-38-52-48-24-9-7-22-46(48)47-23-8-10-25-49(47)53(52)39-59(55)61/h1-39H. The molecule has 0 saturated carbocycles. The molecule has 0 fully saturated rings. The summed E-state index contributed by atoms with van der Waals surface area (Å²) in [6.07, 6.45) is 0. The van der Waals surface area contributed by atoms with Gasteiger partial charge in [-0.2, -0.15) is 0 Å². The summed E-state index contributed by atoms with van der Waals surface area (Å²) in [6.45, 7) is 0. The van der Waals surface area contributed by atoms with Crippen molar-refractivity contribution in [3.63, 3.8) is 0 Å². The van der Waals surface area contributed by atoms with Crippen LogP contribution in [-0.4, -0.2) is 0 Å². The lowest BCUT2D eigenvalue weighted by Gasteiger charge is -2.32. The van der Waals surface area contributed by atoms with Crippen molar-refractivity contribution in [1.29, 1.82) is 0 Å². The molecule has 13 rings (SSSR count). The normalized spacial score (nSPS) is 14.5. The van der Waals surface area contributed by atoms with Gasteiger partial charge in [-0.25, -0.2) is 0 Å². The molecule has 11 aromatic carbocycles. The molecule has 11 aromatic rings. The van der Waals surface area contributed by atoms with Gasteiger partial charge in [-0.3, -0.25) is 0 Å². The Kier molecular flexibility index (Phi) is 7.59. The van der Waals surface area contributed by atoms with Gasteiger partial charge in [-0.1, -0.05) is 194 Å². The predicted octanol–water partition coefficient (Wildman–Crippen LogP) is 16.3. The van der Waals surface area contributed by atoms with Gasteiger partial charge < -0.3 is 4.90 Å². The number of hydrogen-bond donors (Lipinski definition) is 0. The number of fused-ring (bicyclic) bond motifs is 16. The minimum atomic E-state index is -0.485. The molecule has 0 radical (unpaired) electrons. The van der Waals surface area contributed by atoms with Gasteiger partial charge in [-0.05, 0) is 136 Å². The Hall–Kier alpha value is -8.00. The Labute approximate surface area is 361 Å². The summed E-state index contributed by atoms with van der Waals surface area (Å²) < 4.78 is 0. The first-order valence-corrected chi connectivity index (χ1v) is 21.6. The fraction of sp³-hybridized carbons (Fsp3) is 0.0164. The molecule has 0 aromatic heterocycles. The fourth-order valence-electron chi connectivity index (χ4n) is 11.1.